The Hall–Kier alpha value is -1.40. The number of carbonyl (C=O) groups excluding carboxylic acids is 1. The highest BCUT2D eigenvalue weighted by Crippen LogP contribution is 2.22. The average Bonchev–Trinajstić information content (AvgIpc) is 2.44. The van der Waals surface area contributed by atoms with Crippen molar-refractivity contribution in [3.05, 3.63) is 29.3 Å². The van der Waals surface area contributed by atoms with Crippen LogP contribution in [-0.4, -0.2) is 18.6 Å². The standard InChI is InChI=1S/C15H22F2N2O2.ClH/c1-4-10(3)13(18)14(20)19-8-11-7-9(2)5-6-12(11)21-15(16)17;/h5-7,10,13,15H,4,8,18H2,1-3H3,(H,19,20);1H. The van der Waals surface area contributed by atoms with Crippen molar-refractivity contribution in [1.82, 2.24) is 5.32 Å². The van der Waals surface area contributed by atoms with Crippen LogP contribution in [0.25, 0.3) is 0 Å². The summed E-state index contributed by atoms with van der Waals surface area (Å²) in [6, 6.07) is 4.23. The average molecular weight is 337 g/mol. The van der Waals surface area contributed by atoms with Crippen LogP contribution in [-0.2, 0) is 11.3 Å². The largest absolute Gasteiger partial charge is 0.434 e. The summed E-state index contributed by atoms with van der Waals surface area (Å²) in [5.74, 6) is -0.179. The number of hydrogen-bond donors (Lipinski definition) is 2. The first-order valence-electron chi connectivity index (χ1n) is 6.92. The summed E-state index contributed by atoms with van der Waals surface area (Å²) in [5, 5.41) is 2.67. The maximum absolute atomic E-state index is 12.4. The molecule has 2 atom stereocenters. The number of aryl methyl sites for hydroxylation is 1. The first-order chi connectivity index (χ1) is 9.85. The fourth-order valence-electron chi connectivity index (χ4n) is 1.87. The van der Waals surface area contributed by atoms with E-state index in [1.54, 1.807) is 12.1 Å². The Kier molecular flexibility index (Phi) is 8.97. The molecule has 126 valence electrons. The van der Waals surface area contributed by atoms with Crippen molar-refractivity contribution >= 4 is 18.3 Å². The minimum atomic E-state index is -2.90. The Morgan fingerprint density at radius 1 is 1.41 bits per heavy atom. The molecule has 7 heteroatoms. The van der Waals surface area contributed by atoms with Gasteiger partial charge in [0, 0.05) is 12.1 Å². The lowest BCUT2D eigenvalue weighted by molar-refractivity contribution is -0.123. The Balaban J connectivity index is 0.00000441. The summed E-state index contributed by atoms with van der Waals surface area (Å²) >= 11 is 0. The molecule has 1 aromatic carbocycles. The minimum Gasteiger partial charge on any atom is -0.434 e. The van der Waals surface area contributed by atoms with Crippen molar-refractivity contribution in [2.75, 3.05) is 0 Å². The summed E-state index contributed by atoms with van der Waals surface area (Å²) in [6.45, 7) is 2.88. The van der Waals surface area contributed by atoms with Crippen LogP contribution in [0.1, 0.15) is 31.4 Å². The molecule has 0 radical (unpaired) electrons. The molecule has 0 heterocycles. The van der Waals surface area contributed by atoms with Crippen LogP contribution in [0.5, 0.6) is 5.75 Å². The van der Waals surface area contributed by atoms with Gasteiger partial charge in [0.2, 0.25) is 5.91 Å². The fourth-order valence-corrected chi connectivity index (χ4v) is 1.87. The van der Waals surface area contributed by atoms with E-state index in [4.69, 9.17) is 5.73 Å². The van der Waals surface area contributed by atoms with Crippen molar-refractivity contribution in [2.24, 2.45) is 11.7 Å². The maximum Gasteiger partial charge on any atom is 0.387 e. The van der Waals surface area contributed by atoms with Gasteiger partial charge in [0.25, 0.3) is 0 Å². The van der Waals surface area contributed by atoms with E-state index in [0.29, 0.717) is 5.56 Å². The third kappa shape index (κ3) is 6.15. The molecule has 2 unspecified atom stereocenters. The lowest BCUT2D eigenvalue weighted by atomic mass is 9.99. The smallest absolute Gasteiger partial charge is 0.387 e. The summed E-state index contributed by atoms with van der Waals surface area (Å²) in [7, 11) is 0. The third-order valence-electron chi connectivity index (χ3n) is 3.44. The van der Waals surface area contributed by atoms with E-state index in [2.05, 4.69) is 10.1 Å². The molecule has 3 N–H and O–H groups in total. The van der Waals surface area contributed by atoms with Gasteiger partial charge in [-0.1, -0.05) is 38.0 Å². The normalized spacial score (nSPS) is 13.2. The number of ether oxygens (including phenoxy) is 1. The molecule has 0 saturated heterocycles. The van der Waals surface area contributed by atoms with Crippen LogP contribution < -0.4 is 15.8 Å². The van der Waals surface area contributed by atoms with Crippen LogP contribution in [0, 0.1) is 12.8 Å². The summed E-state index contributed by atoms with van der Waals surface area (Å²) in [6.07, 6.45) is 0.790. The number of carbonyl (C=O) groups is 1. The van der Waals surface area contributed by atoms with E-state index < -0.39 is 12.7 Å². The predicted octanol–water partition coefficient (Wildman–Crippen LogP) is 3.01. The molecule has 0 saturated carbocycles. The molecule has 1 rings (SSSR count). The maximum atomic E-state index is 12.4. The first-order valence-corrected chi connectivity index (χ1v) is 6.92. The third-order valence-corrected chi connectivity index (χ3v) is 3.44. The number of halogens is 3. The minimum absolute atomic E-state index is 0. The molecule has 0 aliphatic heterocycles. The van der Waals surface area contributed by atoms with Crippen LogP contribution in [0.15, 0.2) is 18.2 Å². The number of alkyl halides is 2. The van der Waals surface area contributed by atoms with E-state index in [1.165, 1.54) is 6.07 Å². The molecule has 0 fully saturated rings. The molecule has 0 aliphatic carbocycles. The van der Waals surface area contributed by atoms with E-state index in [-0.39, 0.29) is 36.5 Å². The molecule has 0 aliphatic rings. The Labute approximate surface area is 135 Å². The van der Waals surface area contributed by atoms with Crippen LogP contribution in [0.2, 0.25) is 0 Å². The van der Waals surface area contributed by atoms with Crippen LogP contribution >= 0.6 is 12.4 Å². The van der Waals surface area contributed by atoms with Gasteiger partial charge in [-0.15, -0.1) is 12.4 Å². The molecule has 0 aromatic heterocycles. The number of nitrogens with two attached hydrogens (primary N) is 1. The quantitative estimate of drug-likeness (QED) is 0.804. The van der Waals surface area contributed by atoms with E-state index in [0.717, 1.165) is 12.0 Å². The fraction of sp³-hybridized carbons (Fsp3) is 0.533. The number of benzene rings is 1. The lowest BCUT2D eigenvalue weighted by Gasteiger charge is -2.18. The van der Waals surface area contributed by atoms with Gasteiger partial charge >= 0.3 is 6.61 Å². The molecule has 1 aromatic rings. The van der Waals surface area contributed by atoms with Gasteiger partial charge in [0.05, 0.1) is 6.04 Å². The number of rotatable bonds is 7. The van der Waals surface area contributed by atoms with E-state index in [9.17, 15) is 13.6 Å². The van der Waals surface area contributed by atoms with Gasteiger partial charge in [0.1, 0.15) is 5.75 Å². The second-order valence-corrected chi connectivity index (χ2v) is 5.12. The second kappa shape index (κ2) is 9.58. The summed E-state index contributed by atoms with van der Waals surface area (Å²) in [4.78, 5) is 11.9. The SMILES string of the molecule is CCC(C)C(N)C(=O)NCc1cc(C)ccc1OC(F)F.Cl. The van der Waals surface area contributed by atoms with E-state index >= 15 is 0 Å². The highest BCUT2D eigenvalue weighted by Gasteiger charge is 2.19. The van der Waals surface area contributed by atoms with Gasteiger partial charge in [-0.25, -0.2) is 0 Å². The molecule has 0 bridgehead atoms. The van der Waals surface area contributed by atoms with Crippen molar-refractivity contribution in [3.8, 4) is 5.75 Å². The number of nitrogens with one attached hydrogen (secondary N) is 1. The predicted molar refractivity (Wildman–Crippen MR) is 84.3 cm³/mol. The topological polar surface area (TPSA) is 64.4 Å². The monoisotopic (exact) mass is 336 g/mol. The molecule has 1 amide bonds. The van der Waals surface area contributed by atoms with Gasteiger partial charge in [0.15, 0.2) is 0 Å². The molecule has 0 spiro atoms. The van der Waals surface area contributed by atoms with Gasteiger partial charge in [-0.05, 0) is 18.9 Å². The van der Waals surface area contributed by atoms with Gasteiger partial charge < -0.3 is 15.8 Å². The van der Waals surface area contributed by atoms with Crippen molar-refractivity contribution in [2.45, 2.75) is 46.4 Å². The van der Waals surface area contributed by atoms with Gasteiger partial charge in [-0.3, -0.25) is 4.79 Å². The molecular weight excluding hydrogens is 314 g/mol. The number of amides is 1. The zero-order valence-corrected chi connectivity index (χ0v) is 13.8. The van der Waals surface area contributed by atoms with E-state index in [1.807, 2.05) is 20.8 Å². The van der Waals surface area contributed by atoms with Crippen LogP contribution in [0.4, 0.5) is 8.78 Å². The van der Waals surface area contributed by atoms with Crippen molar-refractivity contribution in [3.63, 3.8) is 0 Å². The Morgan fingerprint density at radius 2 is 2.05 bits per heavy atom. The molecular formula is C15H23ClF2N2O2. The highest BCUT2D eigenvalue weighted by molar-refractivity contribution is 5.85. The van der Waals surface area contributed by atoms with Crippen molar-refractivity contribution in [1.29, 1.82) is 0 Å². The molecule has 22 heavy (non-hydrogen) atoms. The van der Waals surface area contributed by atoms with Gasteiger partial charge in [-0.2, -0.15) is 8.78 Å². The second-order valence-electron chi connectivity index (χ2n) is 5.12. The summed E-state index contributed by atoms with van der Waals surface area (Å²) < 4.78 is 29.1. The van der Waals surface area contributed by atoms with Crippen LogP contribution in [0.3, 0.4) is 0 Å². The first kappa shape index (κ1) is 20.6. The lowest BCUT2D eigenvalue weighted by Crippen LogP contribution is -2.44. The molecule has 4 nitrogen and oxygen atoms in total. The zero-order chi connectivity index (χ0) is 16.0. The summed E-state index contributed by atoms with van der Waals surface area (Å²) in [5.41, 5.74) is 7.22. The van der Waals surface area contributed by atoms with Crippen molar-refractivity contribution < 1.29 is 18.3 Å². The Morgan fingerprint density at radius 3 is 2.59 bits per heavy atom. The Bertz CT molecular complexity index is 487. The zero-order valence-electron chi connectivity index (χ0n) is 12.9. The number of hydrogen-bond acceptors (Lipinski definition) is 3. The highest BCUT2D eigenvalue weighted by atomic mass is 35.5.